The first-order valence-corrected chi connectivity index (χ1v) is 5.42. The van der Waals surface area contributed by atoms with Gasteiger partial charge in [-0.05, 0) is 20.0 Å². The van der Waals surface area contributed by atoms with Crippen LogP contribution in [0.25, 0.3) is 0 Å². The molecule has 4 heteroatoms. The van der Waals surface area contributed by atoms with Gasteiger partial charge >= 0.3 is 0 Å². The van der Waals surface area contributed by atoms with Crippen LogP contribution in [-0.2, 0) is 0 Å². The average molecular weight is 210 g/mol. The third kappa shape index (κ3) is 5.50. The molecule has 0 aliphatic carbocycles. The van der Waals surface area contributed by atoms with Crippen LogP contribution >= 0.6 is 0 Å². The molecule has 0 spiro atoms. The molecule has 2 nitrogen and oxygen atoms in total. The molecule has 88 valence electrons. The fourth-order valence-electron chi connectivity index (χ4n) is 1.19. The summed E-state index contributed by atoms with van der Waals surface area (Å²) < 4.78 is 25.5. The lowest BCUT2D eigenvalue weighted by molar-refractivity contribution is -0.0488. The topological polar surface area (TPSA) is 24.1 Å². The van der Waals surface area contributed by atoms with Gasteiger partial charge in [-0.2, -0.15) is 0 Å². The lowest BCUT2D eigenvalue weighted by atomic mass is 10.0. The van der Waals surface area contributed by atoms with Crippen LogP contribution in [0.5, 0.6) is 0 Å². The molecule has 2 N–H and O–H groups in total. The Hall–Kier alpha value is -0.220. The molecule has 1 fully saturated rings. The SMILES string of the molecule is CC.CC.CNC1CCNCC1(F)F. The second-order valence-electron chi connectivity index (χ2n) is 2.57. The van der Waals surface area contributed by atoms with Crippen LogP contribution in [0.1, 0.15) is 34.1 Å². The summed E-state index contributed by atoms with van der Waals surface area (Å²) >= 11 is 0. The zero-order chi connectivity index (χ0) is 11.6. The highest BCUT2D eigenvalue weighted by atomic mass is 19.3. The number of rotatable bonds is 1. The summed E-state index contributed by atoms with van der Waals surface area (Å²) in [7, 11) is 1.57. The molecule has 0 radical (unpaired) electrons. The number of halogens is 2. The van der Waals surface area contributed by atoms with E-state index in [9.17, 15) is 8.78 Å². The van der Waals surface area contributed by atoms with E-state index in [0.717, 1.165) is 0 Å². The summed E-state index contributed by atoms with van der Waals surface area (Å²) in [5, 5.41) is 5.25. The van der Waals surface area contributed by atoms with Crippen LogP contribution < -0.4 is 10.6 Å². The first-order valence-electron chi connectivity index (χ1n) is 5.42. The maximum Gasteiger partial charge on any atom is 0.275 e. The molecular formula is C10H24F2N2. The van der Waals surface area contributed by atoms with E-state index in [1.165, 1.54) is 0 Å². The van der Waals surface area contributed by atoms with Crippen molar-refractivity contribution < 1.29 is 8.78 Å². The van der Waals surface area contributed by atoms with Crippen LogP contribution in [0.15, 0.2) is 0 Å². The highest BCUT2D eigenvalue weighted by molar-refractivity contribution is 4.88. The third-order valence-corrected chi connectivity index (χ3v) is 1.83. The number of nitrogens with one attached hydrogen (secondary N) is 2. The molecule has 14 heavy (non-hydrogen) atoms. The van der Waals surface area contributed by atoms with Crippen molar-refractivity contribution in [2.45, 2.75) is 46.1 Å². The van der Waals surface area contributed by atoms with Gasteiger partial charge in [0.2, 0.25) is 0 Å². The zero-order valence-electron chi connectivity index (χ0n) is 9.95. The van der Waals surface area contributed by atoms with E-state index in [1.54, 1.807) is 7.05 Å². The van der Waals surface area contributed by atoms with Crippen LogP contribution in [0.4, 0.5) is 8.78 Å². The van der Waals surface area contributed by atoms with Crippen LogP contribution in [0.3, 0.4) is 0 Å². The molecule has 1 atom stereocenters. The van der Waals surface area contributed by atoms with Gasteiger partial charge < -0.3 is 10.6 Å². The molecule has 0 aromatic heterocycles. The minimum atomic E-state index is -2.58. The Morgan fingerprint density at radius 3 is 2.00 bits per heavy atom. The van der Waals surface area contributed by atoms with Gasteiger partial charge in [-0.3, -0.25) is 0 Å². The Morgan fingerprint density at radius 1 is 1.21 bits per heavy atom. The summed E-state index contributed by atoms with van der Waals surface area (Å²) in [6.45, 7) is 8.49. The Kier molecular flexibility index (Phi) is 10.8. The predicted octanol–water partition coefficient (Wildman–Crippen LogP) is 2.26. The molecule has 1 aliphatic heterocycles. The largest absolute Gasteiger partial charge is 0.312 e. The maximum absolute atomic E-state index is 12.7. The Labute approximate surface area is 86.5 Å². The fourth-order valence-corrected chi connectivity index (χ4v) is 1.19. The van der Waals surface area contributed by atoms with Crippen molar-refractivity contribution in [3.05, 3.63) is 0 Å². The lowest BCUT2D eigenvalue weighted by Crippen LogP contribution is -2.54. The van der Waals surface area contributed by atoms with E-state index >= 15 is 0 Å². The summed E-state index contributed by atoms with van der Waals surface area (Å²) in [5.74, 6) is -2.58. The van der Waals surface area contributed by atoms with E-state index in [4.69, 9.17) is 0 Å². The van der Waals surface area contributed by atoms with Crippen molar-refractivity contribution in [2.75, 3.05) is 20.1 Å². The van der Waals surface area contributed by atoms with Crippen molar-refractivity contribution in [1.29, 1.82) is 0 Å². The van der Waals surface area contributed by atoms with Crippen molar-refractivity contribution in [3.63, 3.8) is 0 Å². The van der Waals surface area contributed by atoms with Gasteiger partial charge in [0.05, 0.1) is 12.6 Å². The molecule has 0 aromatic rings. The molecule has 1 saturated heterocycles. The normalized spacial score (nSPS) is 23.8. The molecule has 1 unspecified atom stereocenters. The van der Waals surface area contributed by atoms with Crippen molar-refractivity contribution >= 4 is 0 Å². The third-order valence-electron chi connectivity index (χ3n) is 1.83. The van der Waals surface area contributed by atoms with E-state index in [-0.39, 0.29) is 6.54 Å². The lowest BCUT2D eigenvalue weighted by Gasteiger charge is -2.31. The van der Waals surface area contributed by atoms with E-state index in [0.29, 0.717) is 13.0 Å². The monoisotopic (exact) mass is 210 g/mol. The minimum absolute atomic E-state index is 0.196. The van der Waals surface area contributed by atoms with Crippen LogP contribution in [-0.4, -0.2) is 32.1 Å². The molecule has 1 rings (SSSR count). The van der Waals surface area contributed by atoms with Crippen molar-refractivity contribution in [3.8, 4) is 0 Å². The second kappa shape index (κ2) is 9.34. The van der Waals surface area contributed by atoms with Gasteiger partial charge in [-0.25, -0.2) is 8.78 Å². The summed E-state index contributed by atoms with van der Waals surface area (Å²) in [6, 6.07) is -0.645. The van der Waals surface area contributed by atoms with Crippen LogP contribution in [0.2, 0.25) is 0 Å². The summed E-state index contributed by atoms with van der Waals surface area (Å²) in [4.78, 5) is 0. The molecule has 0 amide bonds. The molecule has 1 aliphatic rings. The second-order valence-corrected chi connectivity index (χ2v) is 2.57. The minimum Gasteiger partial charge on any atom is -0.312 e. The molecule has 1 heterocycles. The zero-order valence-corrected chi connectivity index (χ0v) is 9.95. The van der Waals surface area contributed by atoms with Gasteiger partial charge in [-0.1, -0.05) is 27.7 Å². The molecular weight excluding hydrogens is 186 g/mol. The number of piperidine rings is 1. The van der Waals surface area contributed by atoms with Gasteiger partial charge in [0.15, 0.2) is 0 Å². The Morgan fingerprint density at radius 2 is 1.71 bits per heavy atom. The first-order chi connectivity index (χ1) is 6.67. The van der Waals surface area contributed by atoms with E-state index < -0.39 is 12.0 Å². The summed E-state index contributed by atoms with van der Waals surface area (Å²) in [6.07, 6.45) is 0.503. The highest BCUT2D eigenvalue weighted by Gasteiger charge is 2.40. The van der Waals surface area contributed by atoms with E-state index in [2.05, 4.69) is 10.6 Å². The fraction of sp³-hybridized carbons (Fsp3) is 1.00. The predicted molar refractivity (Wildman–Crippen MR) is 58.0 cm³/mol. The van der Waals surface area contributed by atoms with Gasteiger partial charge in [-0.15, -0.1) is 0 Å². The molecule has 0 saturated carbocycles. The van der Waals surface area contributed by atoms with Gasteiger partial charge in [0.25, 0.3) is 5.92 Å². The molecule has 0 aromatic carbocycles. The first kappa shape index (κ1) is 16.2. The van der Waals surface area contributed by atoms with Gasteiger partial charge in [0.1, 0.15) is 0 Å². The number of hydrogen-bond acceptors (Lipinski definition) is 2. The van der Waals surface area contributed by atoms with Crippen molar-refractivity contribution in [2.24, 2.45) is 0 Å². The average Bonchev–Trinajstić information content (AvgIpc) is 2.23. The van der Waals surface area contributed by atoms with Crippen molar-refractivity contribution in [1.82, 2.24) is 10.6 Å². The standard InChI is InChI=1S/C6H12F2N2.2C2H6/c1-9-5-2-3-10-4-6(5,7)8;2*1-2/h5,9-10H,2-4H2,1H3;2*1-2H3. The highest BCUT2D eigenvalue weighted by Crippen LogP contribution is 2.22. The van der Waals surface area contributed by atoms with Crippen LogP contribution in [0, 0.1) is 0 Å². The van der Waals surface area contributed by atoms with Gasteiger partial charge in [0, 0.05) is 0 Å². The quantitative estimate of drug-likeness (QED) is 0.693. The number of hydrogen-bond donors (Lipinski definition) is 2. The Balaban J connectivity index is 0. The number of alkyl halides is 2. The molecule has 0 bridgehead atoms. The maximum atomic E-state index is 12.7. The Bertz CT molecular complexity index is 119. The van der Waals surface area contributed by atoms with E-state index in [1.807, 2.05) is 27.7 Å². The summed E-state index contributed by atoms with van der Waals surface area (Å²) in [5.41, 5.74) is 0. The smallest absolute Gasteiger partial charge is 0.275 e.